The summed E-state index contributed by atoms with van der Waals surface area (Å²) in [5, 5.41) is 6.40. The van der Waals surface area contributed by atoms with Crippen molar-refractivity contribution in [2.75, 3.05) is 17.7 Å². The monoisotopic (exact) mass is 395 g/mol. The molecule has 3 rings (SSSR count). The molecule has 0 atom stereocenters. The molecule has 0 unspecified atom stereocenters. The molecule has 1 heterocycles. The summed E-state index contributed by atoms with van der Waals surface area (Å²) in [7, 11) is 1.51. The van der Waals surface area contributed by atoms with Crippen LogP contribution in [0.4, 0.5) is 17.1 Å². The number of halogens is 1. The molecular weight excluding hydrogens is 378 g/mol. The van der Waals surface area contributed by atoms with Crippen molar-refractivity contribution in [2.24, 2.45) is 0 Å². The number of hydrogen-bond donors (Lipinski definition) is 2. The fourth-order valence-electron chi connectivity index (χ4n) is 2.52. The smallest absolute Gasteiger partial charge is 0.274 e. The molecule has 2 N–H and O–H groups in total. The largest absolute Gasteiger partial charge is 0.495 e. The lowest BCUT2D eigenvalue weighted by Gasteiger charge is -2.11. The predicted molar refractivity (Wildman–Crippen MR) is 110 cm³/mol. The summed E-state index contributed by atoms with van der Waals surface area (Å²) in [5.74, 6) is 0.142. The Morgan fingerprint density at radius 3 is 2.32 bits per heavy atom. The number of carbonyl (C=O) groups excluding carboxylic acids is 2. The van der Waals surface area contributed by atoms with Crippen molar-refractivity contribution in [3.63, 3.8) is 0 Å². The molecule has 0 fully saturated rings. The second kappa shape index (κ2) is 8.54. The van der Waals surface area contributed by atoms with Crippen LogP contribution in [-0.2, 0) is 0 Å². The first-order valence-electron chi connectivity index (χ1n) is 8.45. The Kier molecular flexibility index (Phi) is 5.91. The highest BCUT2D eigenvalue weighted by Crippen LogP contribution is 2.28. The number of ether oxygens (including phenoxy) is 1. The van der Waals surface area contributed by atoms with Crippen molar-refractivity contribution < 1.29 is 14.3 Å². The molecule has 142 valence electrons. The second-order valence-electron chi connectivity index (χ2n) is 5.99. The van der Waals surface area contributed by atoms with Crippen LogP contribution in [-0.4, -0.2) is 23.8 Å². The van der Waals surface area contributed by atoms with Gasteiger partial charge in [0.15, 0.2) is 5.78 Å². The number of pyridine rings is 1. The number of nitrogens with zero attached hydrogens (tertiary/aromatic N) is 1. The van der Waals surface area contributed by atoms with E-state index in [9.17, 15) is 9.59 Å². The maximum atomic E-state index is 12.4. The van der Waals surface area contributed by atoms with E-state index in [1.807, 2.05) is 12.1 Å². The number of carbonyl (C=O) groups is 2. The fraction of sp³-hybridized carbons (Fsp3) is 0.0952. The first-order valence-corrected chi connectivity index (χ1v) is 8.83. The van der Waals surface area contributed by atoms with Gasteiger partial charge in [-0.1, -0.05) is 11.6 Å². The highest BCUT2D eigenvalue weighted by molar-refractivity contribution is 6.31. The number of methoxy groups -OCH3 is 1. The molecule has 1 aromatic heterocycles. The third-order valence-electron chi connectivity index (χ3n) is 3.99. The molecule has 0 spiro atoms. The van der Waals surface area contributed by atoms with Crippen LogP contribution in [0.15, 0.2) is 60.8 Å². The third kappa shape index (κ3) is 4.66. The zero-order valence-corrected chi connectivity index (χ0v) is 16.1. The van der Waals surface area contributed by atoms with Crippen LogP contribution >= 0.6 is 11.6 Å². The number of benzene rings is 2. The van der Waals surface area contributed by atoms with Crippen LogP contribution in [0.1, 0.15) is 27.8 Å². The Balaban J connectivity index is 1.69. The number of Topliss-reactive ketones (excluding diaryl/α,β-unsaturated/α-hetero) is 1. The lowest BCUT2D eigenvalue weighted by atomic mass is 10.1. The normalized spacial score (nSPS) is 10.2. The lowest BCUT2D eigenvalue weighted by molar-refractivity contribution is 0.101. The van der Waals surface area contributed by atoms with Gasteiger partial charge in [-0.3, -0.25) is 9.59 Å². The summed E-state index contributed by atoms with van der Waals surface area (Å²) in [6.07, 6.45) is 1.56. The van der Waals surface area contributed by atoms with E-state index in [2.05, 4.69) is 15.6 Å². The molecule has 7 heteroatoms. The summed E-state index contributed by atoms with van der Waals surface area (Å²) in [4.78, 5) is 28.0. The second-order valence-corrected chi connectivity index (χ2v) is 6.43. The van der Waals surface area contributed by atoms with Crippen molar-refractivity contribution >= 4 is 40.4 Å². The van der Waals surface area contributed by atoms with Gasteiger partial charge in [0.05, 0.1) is 24.7 Å². The van der Waals surface area contributed by atoms with E-state index in [1.165, 1.54) is 14.0 Å². The molecule has 3 aromatic rings. The molecule has 0 saturated carbocycles. The van der Waals surface area contributed by atoms with Crippen LogP contribution in [0.5, 0.6) is 5.75 Å². The van der Waals surface area contributed by atoms with Gasteiger partial charge < -0.3 is 15.4 Å². The molecule has 2 aromatic carbocycles. The van der Waals surface area contributed by atoms with Crippen LogP contribution in [0.2, 0.25) is 5.02 Å². The summed E-state index contributed by atoms with van der Waals surface area (Å²) in [5.41, 5.74) is 2.89. The maximum Gasteiger partial charge on any atom is 0.274 e. The summed E-state index contributed by atoms with van der Waals surface area (Å²) >= 11 is 5.98. The van der Waals surface area contributed by atoms with Gasteiger partial charge in [-0.15, -0.1) is 0 Å². The average molecular weight is 396 g/mol. The van der Waals surface area contributed by atoms with E-state index in [0.717, 1.165) is 5.69 Å². The standard InChI is InChI=1S/C21H18ClN3O3/c1-13(26)14-3-6-16(7-4-14)24-17-8-9-18(23-12-17)21(27)25-19-11-15(22)5-10-20(19)28-2/h3-12,24H,1-2H3,(H,25,27). The maximum absolute atomic E-state index is 12.4. The van der Waals surface area contributed by atoms with E-state index in [1.54, 1.807) is 48.7 Å². The van der Waals surface area contributed by atoms with E-state index in [4.69, 9.17) is 16.3 Å². The first-order chi connectivity index (χ1) is 13.5. The van der Waals surface area contributed by atoms with Crippen molar-refractivity contribution in [1.29, 1.82) is 0 Å². The molecule has 0 bridgehead atoms. The van der Waals surface area contributed by atoms with Crippen LogP contribution in [0, 0.1) is 0 Å². The Morgan fingerprint density at radius 1 is 1.00 bits per heavy atom. The number of rotatable bonds is 6. The van der Waals surface area contributed by atoms with Crippen molar-refractivity contribution in [1.82, 2.24) is 4.98 Å². The van der Waals surface area contributed by atoms with Gasteiger partial charge in [-0.2, -0.15) is 0 Å². The van der Waals surface area contributed by atoms with E-state index < -0.39 is 0 Å². The van der Waals surface area contributed by atoms with Crippen LogP contribution < -0.4 is 15.4 Å². The number of anilines is 3. The van der Waals surface area contributed by atoms with Gasteiger partial charge in [-0.25, -0.2) is 4.98 Å². The minimum Gasteiger partial charge on any atom is -0.495 e. The summed E-state index contributed by atoms with van der Waals surface area (Å²) < 4.78 is 5.22. The van der Waals surface area contributed by atoms with E-state index in [0.29, 0.717) is 27.7 Å². The SMILES string of the molecule is COc1ccc(Cl)cc1NC(=O)c1ccc(Nc2ccc(C(C)=O)cc2)cn1. The van der Waals surface area contributed by atoms with Gasteiger partial charge >= 0.3 is 0 Å². The first kappa shape index (κ1) is 19.4. The minimum atomic E-state index is -0.377. The van der Waals surface area contributed by atoms with Gasteiger partial charge in [-0.05, 0) is 61.5 Å². The van der Waals surface area contributed by atoms with Crippen molar-refractivity contribution in [3.8, 4) is 5.75 Å². The van der Waals surface area contributed by atoms with Crippen LogP contribution in [0.25, 0.3) is 0 Å². The van der Waals surface area contributed by atoms with Crippen molar-refractivity contribution in [2.45, 2.75) is 6.92 Å². The van der Waals surface area contributed by atoms with Gasteiger partial charge in [0.25, 0.3) is 5.91 Å². The number of hydrogen-bond acceptors (Lipinski definition) is 5. The third-order valence-corrected chi connectivity index (χ3v) is 4.22. The topological polar surface area (TPSA) is 80.3 Å². The molecule has 0 aliphatic carbocycles. The summed E-state index contributed by atoms with van der Waals surface area (Å²) in [6, 6.07) is 15.4. The molecule has 6 nitrogen and oxygen atoms in total. The quantitative estimate of drug-likeness (QED) is 0.577. The van der Waals surface area contributed by atoms with Crippen molar-refractivity contribution in [3.05, 3.63) is 77.1 Å². The zero-order valence-electron chi connectivity index (χ0n) is 15.3. The molecular formula is C21H18ClN3O3. The van der Waals surface area contributed by atoms with Gasteiger partial charge in [0, 0.05) is 16.3 Å². The minimum absolute atomic E-state index is 0.0138. The molecule has 0 saturated heterocycles. The Morgan fingerprint density at radius 2 is 1.71 bits per heavy atom. The average Bonchev–Trinajstić information content (AvgIpc) is 2.69. The van der Waals surface area contributed by atoms with Crippen LogP contribution in [0.3, 0.4) is 0 Å². The molecule has 1 amide bonds. The van der Waals surface area contributed by atoms with E-state index in [-0.39, 0.29) is 17.4 Å². The molecule has 0 aliphatic rings. The lowest BCUT2D eigenvalue weighted by Crippen LogP contribution is -2.14. The van der Waals surface area contributed by atoms with E-state index >= 15 is 0 Å². The highest BCUT2D eigenvalue weighted by atomic mass is 35.5. The number of aromatic nitrogens is 1. The zero-order chi connectivity index (χ0) is 20.1. The fourth-order valence-corrected chi connectivity index (χ4v) is 2.69. The summed E-state index contributed by atoms with van der Waals surface area (Å²) in [6.45, 7) is 1.52. The van der Waals surface area contributed by atoms with Gasteiger partial charge in [0.1, 0.15) is 11.4 Å². The predicted octanol–water partition coefficient (Wildman–Crippen LogP) is 4.94. The highest BCUT2D eigenvalue weighted by Gasteiger charge is 2.12. The number of amides is 1. The Bertz CT molecular complexity index is 1000. The molecule has 0 aliphatic heterocycles. The van der Waals surface area contributed by atoms with Gasteiger partial charge in [0.2, 0.25) is 0 Å². The molecule has 0 radical (unpaired) electrons. The Hall–Kier alpha value is -3.38. The number of ketones is 1. The number of nitrogens with one attached hydrogen (secondary N) is 2. The Labute approximate surface area is 167 Å². The molecule has 28 heavy (non-hydrogen) atoms.